The molecule has 21 heavy (non-hydrogen) atoms. The molecule has 2 aliphatic heterocycles. The number of carbonyl (C=O) groups is 1. The standard InChI is InChI=1S/C16H22N2O3/c1-16(2)10-17-6-5-14(16)18-15(19)11-3-4-12-13(9-11)21-8-7-20-12/h3-4,9,14,17H,5-8,10H2,1-2H3,(H,18,19). The van der Waals surface area contributed by atoms with Gasteiger partial charge in [0.15, 0.2) is 11.5 Å². The number of carbonyl (C=O) groups excluding carboxylic acids is 1. The molecule has 0 spiro atoms. The summed E-state index contributed by atoms with van der Waals surface area (Å²) in [4.78, 5) is 12.5. The fraction of sp³-hybridized carbons (Fsp3) is 0.562. The molecule has 0 saturated carbocycles. The predicted octanol–water partition coefficient (Wildman–Crippen LogP) is 1.58. The number of fused-ring (bicyclic) bond motifs is 1. The van der Waals surface area contributed by atoms with Gasteiger partial charge in [0.2, 0.25) is 0 Å². The molecule has 0 aromatic heterocycles. The molecular weight excluding hydrogens is 268 g/mol. The van der Waals surface area contributed by atoms with Gasteiger partial charge in [-0.05, 0) is 36.6 Å². The molecule has 3 rings (SSSR count). The third-order valence-electron chi connectivity index (χ3n) is 4.24. The van der Waals surface area contributed by atoms with E-state index in [1.807, 2.05) is 0 Å². The fourth-order valence-corrected chi connectivity index (χ4v) is 2.86. The Labute approximate surface area is 125 Å². The second-order valence-corrected chi connectivity index (χ2v) is 6.34. The lowest BCUT2D eigenvalue weighted by molar-refractivity contribution is 0.0867. The number of piperidine rings is 1. The van der Waals surface area contributed by atoms with Crippen LogP contribution >= 0.6 is 0 Å². The molecule has 2 aliphatic rings. The Balaban J connectivity index is 1.73. The molecule has 1 saturated heterocycles. The van der Waals surface area contributed by atoms with Crippen molar-refractivity contribution in [2.24, 2.45) is 5.41 Å². The van der Waals surface area contributed by atoms with E-state index < -0.39 is 0 Å². The zero-order chi connectivity index (χ0) is 14.9. The van der Waals surface area contributed by atoms with E-state index in [1.54, 1.807) is 18.2 Å². The first-order valence-corrected chi connectivity index (χ1v) is 7.47. The van der Waals surface area contributed by atoms with Crippen LogP contribution in [0.1, 0.15) is 30.6 Å². The maximum atomic E-state index is 12.5. The van der Waals surface area contributed by atoms with Gasteiger partial charge in [0.05, 0.1) is 0 Å². The second-order valence-electron chi connectivity index (χ2n) is 6.34. The number of amides is 1. The molecule has 1 atom stereocenters. The summed E-state index contributed by atoms with van der Waals surface area (Å²) in [5.41, 5.74) is 0.676. The minimum atomic E-state index is -0.0491. The van der Waals surface area contributed by atoms with Gasteiger partial charge in [0, 0.05) is 18.2 Å². The van der Waals surface area contributed by atoms with Crippen molar-refractivity contribution in [3.05, 3.63) is 23.8 Å². The SMILES string of the molecule is CC1(C)CNCCC1NC(=O)c1ccc2c(c1)OCCO2. The molecule has 114 valence electrons. The highest BCUT2D eigenvalue weighted by atomic mass is 16.6. The normalized spacial score (nSPS) is 23.4. The van der Waals surface area contributed by atoms with Crippen molar-refractivity contribution in [1.29, 1.82) is 0 Å². The first-order valence-electron chi connectivity index (χ1n) is 7.47. The number of nitrogens with one attached hydrogen (secondary N) is 2. The van der Waals surface area contributed by atoms with E-state index in [0.717, 1.165) is 19.5 Å². The lowest BCUT2D eigenvalue weighted by Gasteiger charge is -2.39. The van der Waals surface area contributed by atoms with Crippen LogP contribution in [0.15, 0.2) is 18.2 Å². The summed E-state index contributed by atoms with van der Waals surface area (Å²) >= 11 is 0. The van der Waals surface area contributed by atoms with Crippen molar-refractivity contribution in [3.8, 4) is 11.5 Å². The summed E-state index contributed by atoms with van der Waals surface area (Å²) in [6, 6.07) is 5.53. The van der Waals surface area contributed by atoms with Crippen LogP contribution in [0.5, 0.6) is 11.5 Å². The van der Waals surface area contributed by atoms with Crippen molar-refractivity contribution in [2.45, 2.75) is 26.3 Å². The minimum absolute atomic E-state index is 0.0491. The van der Waals surface area contributed by atoms with Gasteiger partial charge in [-0.3, -0.25) is 4.79 Å². The number of ether oxygens (including phenoxy) is 2. The van der Waals surface area contributed by atoms with Crippen LogP contribution in [0.4, 0.5) is 0 Å². The summed E-state index contributed by atoms with van der Waals surface area (Å²) < 4.78 is 11.0. The van der Waals surface area contributed by atoms with Crippen LogP contribution < -0.4 is 20.1 Å². The Morgan fingerprint density at radius 2 is 2.05 bits per heavy atom. The predicted molar refractivity (Wildman–Crippen MR) is 80.0 cm³/mol. The van der Waals surface area contributed by atoms with E-state index in [-0.39, 0.29) is 17.4 Å². The highest BCUT2D eigenvalue weighted by Gasteiger charge is 2.33. The Hall–Kier alpha value is -1.75. The number of hydrogen-bond donors (Lipinski definition) is 2. The van der Waals surface area contributed by atoms with Gasteiger partial charge < -0.3 is 20.1 Å². The molecule has 1 aromatic carbocycles. The summed E-state index contributed by atoms with van der Waals surface area (Å²) in [5.74, 6) is 1.31. The lowest BCUT2D eigenvalue weighted by Crippen LogP contribution is -2.54. The fourth-order valence-electron chi connectivity index (χ4n) is 2.86. The molecule has 0 radical (unpaired) electrons. The van der Waals surface area contributed by atoms with E-state index in [9.17, 15) is 4.79 Å². The quantitative estimate of drug-likeness (QED) is 0.868. The molecular formula is C16H22N2O3. The smallest absolute Gasteiger partial charge is 0.251 e. The summed E-state index contributed by atoms with van der Waals surface area (Å²) in [7, 11) is 0. The molecule has 1 fully saturated rings. The molecule has 0 aliphatic carbocycles. The minimum Gasteiger partial charge on any atom is -0.486 e. The summed E-state index contributed by atoms with van der Waals surface area (Å²) in [6.07, 6.45) is 0.948. The van der Waals surface area contributed by atoms with Crippen molar-refractivity contribution >= 4 is 5.91 Å². The largest absolute Gasteiger partial charge is 0.486 e. The number of rotatable bonds is 2. The van der Waals surface area contributed by atoms with E-state index in [0.29, 0.717) is 30.3 Å². The first-order chi connectivity index (χ1) is 10.1. The topological polar surface area (TPSA) is 59.6 Å². The zero-order valence-electron chi connectivity index (χ0n) is 12.6. The zero-order valence-corrected chi connectivity index (χ0v) is 12.6. The van der Waals surface area contributed by atoms with E-state index in [4.69, 9.17) is 9.47 Å². The maximum Gasteiger partial charge on any atom is 0.251 e. The highest BCUT2D eigenvalue weighted by Crippen LogP contribution is 2.31. The molecule has 5 nitrogen and oxygen atoms in total. The Kier molecular flexibility index (Phi) is 3.76. The molecule has 2 N–H and O–H groups in total. The van der Waals surface area contributed by atoms with Crippen LogP contribution in [-0.2, 0) is 0 Å². The van der Waals surface area contributed by atoms with Gasteiger partial charge in [-0.15, -0.1) is 0 Å². The van der Waals surface area contributed by atoms with Gasteiger partial charge >= 0.3 is 0 Å². The summed E-state index contributed by atoms with van der Waals surface area (Å²) in [6.45, 7) is 7.29. The van der Waals surface area contributed by atoms with Crippen LogP contribution in [-0.4, -0.2) is 38.3 Å². The Morgan fingerprint density at radius 1 is 1.29 bits per heavy atom. The van der Waals surface area contributed by atoms with Crippen molar-refractivity contribution in [2.75, 3.05) is 26.3 Å². The highest BCUT2D eigenvalue weighted by molar-refractivity contribution is 5.95. The molecule has 2 heterocycles. The molecule has 0 bridgehead atoms. The number of benzene rings is 1. The molecule has 1 unspecified atom stereocenters. The van der Waals surface area contributed by atoms with Crippen LogP contribution in [0, 0.1) is 5.41 Å². The average molecular weight is 290 g/mol. The Bertz CT molecular complexity index is 542. The van der Waals surface area contributed by atoms with Crippen LogP contribution in [0.3, 0.4) is 0 Å². The monoisotopic (exact) mass is 290 g/mol. The van der Waals surface area contributed by atoms with Gasteiger partial charge in [-0.1, -0.05) is 13.8 Å². The molecule has 1 aromatic rings. The van der Waals surface area contributed by atoms with Crippen LogP contribution in [0.2, 0.25) is 0 Å². The van der Waals surface area contributed by atoms with Gasteiger partial charge in [-0.25, -0.2) is 0 Å². The third-order valence-corrected chi connectivity index (χ3v) is 4.24. The van der Waals surface area contributed by atoms with E-state index in [1.165, 1.54) is 0 Å². The third kappa shape index (κ3) is 2.97. The van der Waals surface area contributed by atoms with Crippen molar-refractivity contribution < 1.29 is 14.3 Å². The average Bonchev–Trinajstić information content (AvgIpc) is 2.48. The van der Waals surface area contributed by atoms with Crippen molar-refractivity contribution in [1.82, 2.24) is 10.6 Å². The van der Waals surface area contributed by atoms with Gasteiger partial charge in [0.1, 0.15) is 13.2 Å². The maximum absolute atomic E-state index is 12.5. The second kappa shape index (κ2) is 5.56. The van der Waals surface area contributed by atoms with Crippen LogP contribution in [0.25, 0.3) is 0 Å². The molecule has 5 heteroatoms. The lowest BCUT2D eigenvalue weighted by atomic mass is 9.80. The number of hydrogen-bond acceptors (Lipinski definition) is 4. The first kappa shape index (κ1) is 14.2. The van der Waals surface area contributed by atoms with Gasteiger partial charge in [0.25, 0.3) is 5.91 Å². The molecule has 1 amide bonds. The van der Waals surface area contributed by atoms with Gasteiger partial charge in [-0.2, -0.15) is 0 Å². The van der Waals surface area contributed by atoms with E-state index in [2.05, 4.69) is 24.5 Å². The van der Waals surface area contributed by atoms with E-state index >= 15 is 0 Å². The van der Waals surface area contributed by atoms with Crippen molar-refractivity contribution in [3.63, 3.8) is 0 Å². The summed E-state index contributed by atoms with van der Waals surface area (Å²) in [5, 5.41) is 6.53. The Morgan fingerprint density at radius 3 is 2.81 bits per heavy atom.